The number of piperazine rings is 2. The fraction of sp³-hybridized carbons (Fsp3) is 0.583. The summed E-state index contributed by atoms with van der Waals surface area (Å²) >= 11 is 0. The van der Waals surface area contributed by atoms with Gasteiger partial charge in [0.05, 0.1) is 5.69 Å². The normalized spacial score (nSPS) is 24.6. The highest BCUT2D eigenvalue weighted by Crippen LogP contribution is 2.17. The number of aryl methyl sites for hydroxylation is 1. The molecule has 3 heterocycles. The smallest absolute Gasteiger partial charge is 0.239 e. The average molecular weight is 247 g/mol. The molecule has 6 heteroatoms. The lowest BCUT2D eigenvalue weighted by atomic mass is 10.1. The third-order valence-electron chi connectivity index (χ3n) is 3.60. The first-order chi connectivity index (χ1) is 8.74. The number of rotatable bonds is 1. The molecule has 96 valence electrons. The van der Waals surface area contributed by atoms with Crippen molar-refractivity contribution in [2.75, 3.05) is 37.6 Å². The van der Waals surface area contributed by atoms with Crippen molar-refractivity contribution in [3.63, 3.8) is 0 Å². The molecule has 1 aromatic heterocycles. The van der Waals surface area contributed by atoms with Crippen LogP contribution >= 0.6 is 0 Å². The largest absolute Gasteiger partial charge is 0.353 e. The minimum atomic E-state index is -0.0457. The summed E-state index contributed by atoms with van der Waals surface area (Å²) in [7, 11) is 0. The molecule has 0 unspecified atom stereocenters. The molecule has 1 atom stereocenters. The monoisotopic (exact) mass is 247 g/mol. The molecule has 1 aromatic rings. The van der Waals surface area contributed by atoms with E-state index in [1.54, 1.807) is 0 Å². The van der Waals surface area contributed by atoms with Crippen LogP contribution in [-0.2, 0) is 4.79 Å². The van der Waals surface area contributed by atoms with Crippen LogP contribution in [0.4, 0.5) is 5.82 Å². The van der Waals surface area contributed by atoms with Crippen molar-refractivity contribution in [1.29, 1.82) is 0 Å². The lowest BCUT2D eigenvalue weighted by Crippen LogP contribution is -2.64. The van der Waals surface area contributed by atoms with Crippen LogP contribution in [0.15, 0.2) is 12.1 Å². The minimum Gasteiger partial charge on any atom is -0.353 e. The zero-order valence-corrected chi connectivity index (χ0v) is 10.5. The summed E-state index contributed by atoms with van der Waals surface area (Å²) in [6.07, 6.45) is 0. The molecule has 1 N–H and O–H groups in total. The molecule has 0 aromatic carbocycles. The van der Waals surface area contributed by atoms with Crippen molar-refractivity contribution >= 4 is 11.7 Å². The Bertz CT molecular complexity index is 446. The van der Waals surface area contributed by atoms with Gasteiger partial charge in [0.2, 0.25) is 5.91 Å². The third kappa shape index (κ3) is 2.03. The van der Waals surface area contributed by atoms with Crippen molar-refractivity contribution in [3.05, 3.63) is 17.8 Å². The van der Waals surface area contributed by atoms with E-state index < -0.39 is 0 Å². The van der Waals surface area contributed by atoms with Gasteiger partial charge >= 0.3 is 0 Å². The van der Waals surface area contributed by atoms with E-state index in [1.165, 1.54) is 0 Å². The number of nitrogens with one attached hydrogen (secondary N) is 1. The zero-order chi connectivity index (χ0) is 12.5. The van der Waals surface area contributed by atoms with E-state index in [9.17, 15) is 4.79 Å². The lowest BCUT2D eigenvalue weighted by molar-refractivity contribution is -0.129. The Morgan fingerprint density at radius 1 is 1.28 bits per heavy atom. The van der Waals surface area contributed by atoms with Gasteiger partial charge in [-0.15, -0.1) is 5.10 Å². The van der Waals surface area contributed by atoms with E-state index in [0.29, 0.717) is 6.54 Å². The van der Waals surface area contributed by atoms with Crippen LogP contribution in [0.5, 0.6) is 0 Å². The first-order valence-corrected chi connectivity index (χ1v) is 6.31. The third-order valence-corrected chi connectivity index (χ3v) is 3.60. The summed E-state index contributed by atoms with van der Waals surface area (Å²) in [5.41, 5.74) is 0.910. The molecule has 0 bridgehead atoms. The van der Waals surface area contributed by atoms with Crippen molar-refractivity contribution in [1.82, 2.24) is 20.4 Å². The molecular formula is C12H17N5O. The Morgan fingerprint density at radius 2 is 2.17 bits per heavy atom. The van der Waals surface area contributed by atoms with Crippen molar-refractivity contribution in [2.24, 2.45) is 0 Å². The number of carbonyl (C=O) groups is 1. The molecule has 1 amide bonds. The summed E-state index contributed by atoms with van der Waals surface area (Å²) < 4.78 is 0. The molecule has 2 aliphatic heterocycles. The van der Waals surface area contributed by atoms with Gasteiger partial charge in [0.25, 0.3) is 0 Å². The highest BCUT2D eigenvalue weighted by atomic mass is 16.2. The van der Waals surface area contributed by atoms with Gasteiger partial charge in [-0.05, 0) is 19.1 Å². The molecule has 18 heavy (non-hydrogen) atoms. The van der Waals surface area contributed by atoms with Gasteiger partial charge in [-0.25, -0.2) is 0 Å². The highest BCUT2D eigenvalue weighted by molar-refractivity contribution is 5.83. The van der Waals surface area contributed by atoms with Crippen LogP contribution < -0.4 is 10.2 Å². The van der Waals surface area contributed by atoms with E-state index in [0.717, 1.165) is 37.7 Å². The van der Waals surface area contributed by atoms with Gasteiger partial charge in [0.1, 0.15) is 6.04 Å². The molecule has 6 nitrogen and oxygen atoms in total. The van der Waals surface area contributed by atoms with E-state index in [-0.39, 0.29) is 11.9 Å². The number of nitrogens with zero attached hydrogens (tertiary/aromatic N) is 4. The van der Waals surface area contributed by atoms with Crippen LogP contribution in [0.2, 0.25) is 0 Å². The molecule has 0 saturated carbocycles. The molecule has 2 fully saturated rings. The second kappa shape index (κ2) is 4.53. The maximum absolute atomic E-state index is 11.8. The van der Waals surface area contributed by atoms with E-state index in [2.05, 4.69) is 25.3 Å². The number of hydrogen-bond acceptors (Lipinski definition) is 5. The van der Waals surface area contributed by atoms with Crippen LogP contribution in [0, 0.1) is 6.92 Å². The maximum Gasteiger partial charge on any atom is 0.239 e. The van der Waals surface area contributed by atoms with Crippen LogP contribution in [0.1, 0.15) is 5.69 Å². The Hall–Kier alpha value is -1.69. The van der Waals surface area contributed by atoms with Gasteiger partial charge in [-0.1, -0.05) is 0 Å². The number of aromatic nitrogens is 2. The summed E-state index contributed by atoms with van der Waals surface area (Å²) in [5.74, 6) is 0.990. The Balaban J connectivity index is 1.76. The van der Waals surface area contributed by atoms with E-state index >= 15 is 0 Å². The number of hydrogen-bond donors (Lipinski definition) is 1. The van der Waals surface area contributed by atoms with Gasteiger partial charge in [0.15, 0.2) is 5.82 Å². The number of amides is 1. The standard InChI is InChI=1S/C12H17N5O/c1-9-2-3-11(15-14-9)17-7-6-16-5-4-13-12(18)10(16)8-17/h2-3,10H,4-8H2,1H3,(H,13,18)/t10-/m0/s1. The van der Waals surface area contributed by atoms with Crippen molar-refractivity contribution in [3.8, 4) is 0 Å². The molecular weight excluding hydrogens is 230 g/mol. The summed E-state index contributed by atoms with van der Waals surface area (Å²) in [4.78, 5) is 16.2. The number of carbonyl (C=O) groups excluding carboxylic acids is 1. The quantitative estimate of drug-likeness (QED) is 0.718. The zero-order valence-electron chi connectivity index (χ0n) is 10.5. The fourth-order valence-electron chi connectivity index (χ4n) is 2.55. The molecule has 2 aliphatic rings. The summed E-state index contributed by atoms with van der Waals surface area (Å²) in [6.45, 7) is 6.14. The molecule has 0 aliphatic carbocycles. The Labute approximate surface area is 106 Å². The predicted octanol–water partition coefficient (Wildman–Crippen LogP) is -0.595. The number of anilines is 1. The maximum atomic E-state index is 11.8. The van der Waals surface area contributed by atoms with Crippen LogP contribution in [0.25, 0.3) is 0 Å². The second-order valence-corrected chi connectivity index (χ2v) is 4.82. The van der Waals surface area contributed by atoms with Gasteiger partial charge in [-0.3, -0.25) is 9.69 Å². The first kappa shape index (κ1) is 11.4. The van der Waals surface area contributed by atoms with Crippen molar-refractivity contribution in [2.45, 2.75) is 13.0 Å². The van der Waals surface area contributed by atoms with Crippen LogP contribution in [0.3, 0.4) is 0 Å². The van der Waals surface area contributed by atoms with Gasteiger partial charge in [0, 0.05) is 32.7 Å². The minimum absolute atomic E-state index is 0.0457. The molecule has 0 spiro atoms. The predicted molar refractivity (Wildman–Crippen MR) is 67.4 cm³/mol. The summed E-state index contributed by atoms with van der Waals surface area (Å²) in [6, 6.07) is 3.88. The Morgan fingerprint density at radius 3 is 2.94 bits per heavy atom. The van der Waals surface area contributed by atoms with Gasteiger partial charge < -0.3 is 10.2 Å². The second-order valence-electron chi connectivity index (χ2n) is 4.82. The molecule has 0 radical (unpaired) electrons. The first-order valence-electron chi connectivity index (χ1n) is 6.31. The van der Waals surface area contributed by atoms with E-state index in [1.807, 2.05) is 19.1 Å². The molecule has 3 rings (SSSR count). The van der Waals surface area contributed by atoms with Crippen LogP contribution in [-0.4, -0.2) is 59.8 Å². The SMILES string of the molecule is Cc1ccc(N2CCN3CCNC(=O)[C@@H]3C2)nn1. The summed E-state index contributed by atoms with van der Waals surface area (Å²) in [5, 5.41) is 11.2. The average Bonchev–Trinajstić information content (AvgIpc) is 2.40. The van der Waals surface area contributed by atoms with Crippen molar-refractivity contribution < 1.29 is 4.79 Å². The van der Waals surface area contributed by atoms with Gasteiger partial charge in [-0.2, -0.15) is 5.10 Å². The highest BCUT2D eigenvalue weighted by Gasteiger charge is 2.35. The molecule has 2 saturated heterocycles. The lowest BCUT2D eigenvalue weighted by Gasteiger charge is -2.43. The topological polar surface area (TPSA) is 61.4 Å². The van der Waals surface area contributed by atoms with E-state index in [4.69, 9.17) is 0 Å². The fourth-order valence-corrected chi connectivity index (χ4v) is 2.55. The Kier molecular flexibility index (Phi) is 2.87. The number of fused-ring (bicyclic) bond motifs is 1.